The number of carbonyl (C=O) groups is 1. The maximum absolute atomic E-state index is 12.5. The Hall–Kier alpha value is -2.35. The van der Waals surface area contributed by atoms with E-state index in [-0.39, 0.29) is 5.97 Å². The molecular weight excluding hydrogens is 308 g/mol. The fraction of sp³-hybridized carbons (Fsp3) is 0.348. The van der Waals surface area contributed by atoms with Gasteiger partial charge in [0, 0.05) is 0 Å². The predicted octanol–water partition coefficient (Wildman–Crippen LogP) is 6.07. The van der Waals surface area contributed by atoms with Crippen LogP contribution in [-0.4, -0.2) is 5.97 Å². The van der Waals surface area contributed by atoms with E-state index >= 15 is 0 Å². The van der Waals surface area contributed by atoms with Crippen LogP contribution in [0.5, 0.6) is 5.75 Å². The lowest BCUT2D eigenvalue weighted by Crippen LogP contribution is -2.14. The van der Waals surface area contributed by atoms with Gasteiger partial charge in [-0.05, 0) is 79.5 Å². The van der Waals surface area contributed by atoms with Gasteiger partial charge in [-0.1, -0.05) is 43.7 Å². The highest BCUT2D eigenvalue weighted by Gasteiger charge is 2.24. The third-order valence-corrected chi connectivity index (χ3v) is 5.14. The van der Waals surface area contributed by atoms with Gasteiger partial charge in [-0.15, -0.1) is 0 Å². The molecule has 2 nitrogen and oxygen atoms in total. The van der Waals surface area contributed by atoms with E-state index in [4.69, 9.17) is 4.74 Å². The summed E-state index contributed by atoms with van der Waals surface area (Å²) < 4.78 is 5.72. The largest absolute Gasteiger partial charge is 0.423 e. The summed E-state index contributed by atoms with van der Waals surface area (Å²) in [5.74, 6) is 1.46. The summed E-state index contributed by atoms with van der Waals surface area (Å²) in [5, 5.41) is 0. The van der Waals surface area contributed by atoms with Crippen LogP contribution in [0.1, 0.15) is 65.7 Å². The molecule has 0 N–H and O–H groups in total. The molecule has 25 heavy (non-hydrogen) atoms. The molecule has 0 saturated heterocycles. The van der Waals surface area contributed by atoms with E-state index in [2.05, 4.69) is 32.9 Å². The highest BCUT2D eigenvalue weighted by atomic mass is 16.5. The zero-order valence-electron chi connectivity index (χ0n) is 15.7. The number of benzene rings is 2. The van der Waals surface area contributed by atoms with Gasteiger partial charge in [-0.3, -0.25) is 0 Å². The molecule has 1 aliphatic carbocycles. The second kappa shape index (κ2) is 6.87. The van der Waals surface area contributed by atoms with Crippen LogP contribution in [0.15, 0.2) is 42.5 Å². The van der Waals surface area contributed by atoms with Gasteiger partial charge in [0.05, 0.1) is 5.56 Å². The summed E-state index contributed by atoms with van der Waals surface area (Å²) in [6, 6.07) is 11.7. The molecule has 0 radical (unpaired) electrons. The predicted molar refractivity (Wildman–Crippen MR) is 103 cm³/mol. The zero-order valence-corrected chi connectivity index (χ0v) is 15.7. The van der Waals surface area contributed by atoms with Gasteiger partial charge in [-0.2, -0.15) is 0 Å². The Balaban J connectivity index is 1.93. The smallest absolute Gasteiger partial charge is 0.343 e. The van der Waals surface area contributed by atoms with Crippen LogP contribution < -0.4 is 4.74 Å². The first-order valence-electron chi connectivity index (χ1n) is 8.97. The Labute approximate surface area is 150 Å². The molecule has 2 heteroatoms. The van der Waals surface area contributed by atoms with E-state index in [1.807, 2.05) is 44.2 Å². The van der Waals surface area contributed by atoms with Gasteiger partial charge < -0.3 is 4.74 Å². The number of rotatable bonds is 3. The van der Waals surface area contributed by atoms with Crippen LogP contribution in [0.2, 0.25) is 0 Å². The molecule has 130 valence electrons. The SMILES string of the molecule is CC1=CC[C@H](C(C)C)c2cc(C)c(OC(=O)c3ccc(C)cc3)cc21. The Kier molecular flexibility index (Phi) is 4.80. The number of allylic oxidation sites excluding steroid dienone is 2. The van der Waals surface area contributed by atoms with Crippen LogP contribution in [0.3, 0.4) is 0 Å². The highest BCUT2D eigenvalue weighted by Crippen LogP contribution is 2.41. The topological polar surface area (TPSA) is 26.3 Å². The van der Waals surface area contributed by atoms with Crippen molar-refractivity contribution in [2.45, 2.75) is 47.0 Å². The van der Waals surface area contributed by atoms with Crippen LogP contribution in [0, 0.1) is 19.8 Å². The first-order valence-corrected chi connectivity index (χ1v) is 8.97. The normalized spacial score (nSPS) is 16.4. The summed E-state index contributed by atoms with van der Waals surface area (Å²) in [4.78, 5) is 12.5. The number of aryl methyl sites for hydroxylation is 2. The molecule has 1 atom stereocenters. The second-order valence-electron chi connectivity index (χ2n) is 7.43. The van der Waals surface area contributed by atoms with Crippen LogP contribution in [-0.2, 0) is 0 Å². The van der Waals surface area contributed by atoms with E-state index in [1.54, 1.807) is 0 Å². The van der Waals surface area contributed by atoms with Crippen LogP contribution >= 0.6 is 0 Å². The standard InChI is InChI=1S/C23H26O2/c1-14(2)19-11-8-16(4)20-13-22(17(5)12-21(19)20)25-23(24)18-9-6-15(3)7-10-18/h6-10,12-14,19H,11H2,1-5H3/t19-/m1/s1. The van der Waals surface area contributed by atoms with Crippen molar-refractivity contribution in [3.05, 3.63) is 70.3 Å². The molecule has 0 fully saturated rings. The van der Waals surface area contributed by atoms with Crippen molar-refractivity contribution in [1.82, 2.24) is 0 Å². The van der Waals surface area contributed by atoms with Crippen LogP contribution in [0.25, 0.3) is 5.57 Å². The molecule has 0 saturated carbocycles. The van der Waals surface area contributed by atoms with Gasteiger partial charge in [0.1, 0.15) is 5.75 Å². The zero-order chi connectivity index (χ0) is 18.1. The fourth-order valence-corrected chi connectivity index (χ4v) is 3.49. The molecule has 0 unspecified atom stereocenters. The van der Waals surface area contributed by atoms with E-state index in [0.29, 0.717) is 23.1 Å². The lowest BCUT2D eigenvalue weighted by molar-refractivity contribution is 0.0733. The fourth-order valence-electron chi connectivity index (χ4n) is 3.49. The summed E-state index contributed by atoms with van der Waals surface area (Å²) >= 11 is 0. The molecule has 3 rings (SSSR count). The quantitative estimate of drug-likeness (QED) is 0.503. The molecule has 0 aromatic heterocycles. The van der Waals surface area contributed by atoms with Gasteiger partial charge in [0.25, 0.3) is 0 Å². The van der Waals surface area contributed by atoms with E-state index < -0.39 is 0 Å². The maximum atomic E-state index is 12.5. The first kappa shape index (κ1) is 17.5. The number of carbonyl (C=O) groups excluding carboxylic acids is 1. The molecule has 1 aliphatic rings. The van der Waals surface area contributed by atoms with Crippen molar-refractivity contribution in [3.63, 3.8) is 0 Å². The van der Waals surface area contributed by atoms with Crippen molar-refractivity contribution < 1.29 is 9.53 Å². The monoisotopic (exact) mass is 334 g/mol. The van der Waals surface area contributed by atoms with Gasteiger partial charge in [0.2, 0.25) is 0 Å². The number of fused-ring (bicyclic) bond motifs is 1. The summed E-state index contributed by atoms with van der Waals surface area (Å²) in [6.45, 7) is 10.7. The minimum absolute atomic E-state index is 0.305. The molecule has 2 aromatic rings. The van der Waals surface area contributed by atoms with Crippen molar-refractivity contribution in [2.24, 2.45) is 5.92 Å². The average Bonchev–Trinajstić information content (AvgIpc) is 2.56. The molecule has 2 aromatic carbocycles. The molecule has 0 aliphatic heterocycles. The van der Waals surface area contributed by atoms with Crippen molar-refractivity contribution in [3.8, 4) is 5.75 Å². The third kappa shape index (κ3) is 3.53. The third-order valence-electron chi connectivity index (χ3n) is 5.14. The number of hydrogen-bond donors (Lipinski definition) is 0. The molecule has 0 spiro atoms. The van der Waals surface area contributed by atoms with Crippen molar-refractivity contribution in [1.29, 1.82) is 0 Å². The summed E-state index contributed by atoms with van der Waals surface area (Å²) in [7, 11) is 0. The Morgan fingerprint density at radius 1 is 1.08 bits per heavy atom. The number of hydrogen-bond acceptors (Lipinski definition) is 2. The Morgan fingerprint density at radius 2 is 1.76 bits per heavy atom. The molecule has 0 bridgehead atoms. The van der Waals surface area contributed by atoms with E-state index in [0.717, 1.165) is 17.5 Å². The second-order valence-corrected chi connectivity index (χ2v) is 7.43. The van der Waals surface area contributed by atoms with Crippen molar-refractivity contribution in [2.75, 3.05) is 0 Å². The summed E-state index contributed by atoms with van der Waals surface area (Å²) in [6.07, 6.45) is 3.38. The van der Waals surface area contributed by atoms with E-state index in [1.165, 1.54) is 16.7 Å². The van der Waals surface area contributed by atoms with E-state index in [9.17, 15) is 4.79 Å². The highest BCUT2D eigenvalue weighted by molar-refractivity contribution is 5.91. The Morgan fingerprint density at radius 3 is 2.40 bits per heavy atom. The first-order chi connectivity index (χ1) is 11.9. The Bertz CT molecular complexity index is 826. The van der Waals surface area contributed by atoms with Gasteiger partial charge >= 0.3 is 5.97 Å². The average molecular weight is 334 g/mol. The van der Waals surface area contributed by atoms with Crippen molar-refractivity contribution >= 4 is 11.5 Å². The number of ether oxygens (including phenoxy) is 1. The van der Waals surface area contributed by atoms with Crippen LogP contribution in [0.4, 0.5) is 0 Å². The lowest BCUT2D eigenvalue weighted by atomic mass is 9.77. The maximum Gasteiger partial charge on any atom is 0.343 e. The van der Waals surface area contributed by atoms with Gasteiger partial charge in [-0.25, -0.2) is 4.79 Å². The minimum atomic E-state index is -0.305. The number of esters is 1. The lowest BCUT2D eigenvalue weighted by Gasteiger charge is -2.28. The summed E-state index contributed by atoms with van der Waals surface area (Å²) in [5.41, 5.74) is 6.57. The molecular formula is C23H26O2. The van der Waals surface area contributed by atoms with Gasteiger partial charge in [0.15, 0.2) is 0 Å². The molecule has 0 heterocycles. The minimum Gasteiger partial charge on any atom is -0.423 e. The molecule has 0 amide bonds.